The molecule has 5 heteroatoms. The van der Waals surface area contributed by atoms with E-state index in [1.54, 1.807) is 30.3 Å². The average Bonchev–Trinajstić information content (AvgIpc) is 2.45. The van der Waals surface area contributed by atoms with Crippen molar-refractivity contribution in [3.05, 3.63) is 63.6 Å². The van der Waals surface area contributed by atoms with Crippen molar-refractivity contribution in [1.82, 2.24) is 0 Å². The van der Waals surface area contributed by atoms with Crippen molar-refractivity contribution in [3.63, 3.8) is 0 Å². The summed E-state index contributed by atoms with van der Waals surface area (Å²) in [5.74, 6) is 0.0150. The van der Waals surface area contributed by atoms with Gasteiger partial charge in [0.2, 0.25) is 0 Å². The fourth-order valence-corrected chi connectivity index (χ4v) is 2.21. The average molecular weight is 323 g/mol. The molecule has 0 saturated heterocycles. The van der Waals surface area contributed by atoms with Gasteiger partial charge in [-0.25, -0.2) is 0 Å². The van der Waals surface area contributed by atoms with E-state index in [0.717, 1.165) is 0 Å². The lowest BCUT2D eigenvalue weighted by Crippen LogP contribution is -1.95. The topological polar surface area (TPSA) is 46.5 Å². The third-order valence-electron chi connectivity index (χ3n) is 2.85. The zero-order valence-electron chi connectivity index (χ0n) is 11.1. The van der Waals surface area contributed by atoms with Crippen LogP contribution in [-0.2, 0) is 0 Å². The first-order valence-electron chi connectivity index (χ1n) is 6.05. The van der Waals surface area contributed by atoms with Gasteiger partial charge in [-0.3, -0.25) is 4.79 Å². The van der Waals surface area contributed by atoms with Gasteiger partial charge in [-0.15, -0.1) is 0 Å². The second-order valence-electron chi connectivity index (χ2n) is 4.25. The number of phenolic OH excluding ortho intramolecular Hbond substituents is 1. The Labute approximate surface area is 132 Å². The molecular weight excluding hydrogens is 311 g/mol. The largest absolute Gasteiger partial charge is 0.507 e. The molecule has 21 heavy (non-hydrogen) atoms. The molecule has 0 aliphatic rings. The molecule has 0 amide bonds. The maximum atomic E-state index is 12.1. The van der Waals surface area contributed by atoms with Crippen LogP contribution in [0.3, 0.4) is 0 Å². The first kappa shape index (κ1) is 15.4. The Morgan fingerprint density at radius 3 is 2.57 bits per heavy atom. The molecule has 0 aliphatic carbocycles. The summed E-state index contributed by atoms with van der Waals surface area (Å²) < 4.78 is 4.97. The number of carbonyl (C=O) groups excluding carboxylic acids is 1. The summed E-state index contributed by atoms with van der Waals surface area (Å²) in [5, 5.41) is 10.8. The third-order valence-corrected chi connectivity index (χ3v) is 3.41. The molecule has 2 aromatic rings. The number of ketones is 1. The SMILES string of the molecule is COc1ccc(C(=O)C=Cc2ccc(Cl)cc2Cl)c(O)c1. The van der Waals surface area contributed by atoms with Gasteiger partial charge in [-0.2, -0.15) is 0 Å². The summed E-state index contributed by atoms with van der Waals surface area (Å²) in [4.78, 5) is 12.1. The maximum absolute atomic E-state index is 12.1. The van der Waals surface area contributed by atoms with Gasteiger partial charge in [0.15, 0.2) is 5.78 Å². The second-order valence-corrected chi connectivity index (χ2v) is 5.09. The number of carbonyl (C=O) groups is 1. The lowest BCUT2D eigenvalue weighted by Gasteiger charge is -2.04. The Bertz CT molecular complexity index is 709. The smallest absolute Gasteiger partial charge is 0.189 e. The van der Waals surface area contributed by atoms with Crippen LogP contribution in [0.15, 0.2) is 42.5 Å². The standard InChI is InChI=1S/C16H12Cl2O3/c1-21-12-5-6-13(16(20)9-12)15(19)7-3-10-2-4-11(17)8-14(10)18/h2-9,20H,1H3. The quantitative estimate of drug-likeness (QED) is 0.660. The predicted molar refractivity (Wildman–Crippen MR) is 84.5 cm³/mol. The van der Waals surface area contributed by atoms with Crippen LogP contribution in [0.1, 0.15) is 15.9 Å². The van der Waals surface area contributed by atoms with E-state index in [1.165, 1.54) is 25.3 Å². The van der Waals surface area contributed by atoms with E-state index in [0.29, 0.717) is 21.4 Å². The molecule has 0 bridgehead atoms. The highest BCUT2D eigenvalue weighted by Gasteiger charge is 2.09. The number of allylic oxidation sites excluding steroid dienone is 1. The molecule has 0 saturated carbocycles. The highest BCUT2D eigenvalue weighted by molar-refractivity contribution is 6.35. The van der Waals surface area contributed by atoms with E-state index in [4.69, 9.17) is 27.9 Å². The number of halogens is 2. The van der Waals surface area contributed by atoms with E-state index in [-0.39, 0.29) is 17.1 Å². The molecule has 0 spiro atoms. The summed E-state index contributed by atoms with van der Waals surface area (Å²) in [6.45, 7) is 0. The number of methoxy groups -OCH3 is 1. The van der Waals surface area contributed by atoms with Crippen LogP contribution in [-0.4, -0.2) is 18.0 Å². The number of rotatable bonds is 4. The Balaban J connectivity index is 2.23. The minimum atomic E-state index is -0.332. The lowest BCUT2D eigenvalue weighted by atomic mass is 10.1. The van der Waals surface area contributed by atoms with Crippen molar-refractivity contribution in [3.8, 4) is 11.5 Å². The van der Waals surface area contributed by atoms with E-state index in [2.05, 4.69) is 0 Å². The van der Waals surface area contributed by atoms with Gasteiger partial charge in [-0.1, -0.05) is 29.3 Å². The normalized spacial score (nSPS) is 10.8. The molecule has 0 fully saturated rings. The Hall–Kier alpha value is -1.97. The first-order valence-corrected chi connectivity index (χ1v) is 6.81. The highest BCUT2D eigenvalue weighted by Crippen LogP contribution is 2.25. The first-order chi connectivity index (χ1) is 10.0. The zero-order valence-corrected chi connectivity index (χ0v) is 12.7. The van der Waals surface area contributed by atoms with Gasteiger partial charge >= 0.3 is 0 Å². The summed E-state index contributed by atoms with van der Waals surface area (Å²) in [6.07, 6.45) is 2.92. The van der Waals surface area contributed by atoms with Gasteiger partial charge in [0.25, 0.3) is 0 Å². The molecule has 1 N–H and O–H groups in total. The van der Waals surface area contributed by atoms with Gasteiger partial charge in [0.05, 0.1) is 12.7 Å². The molecule has 108 valence electrons. The third kappa shape index (κ3) is 3.78. The number of hydrogen-bond donors (Lipinski definition) is 1. The number of phenols is 1. The Kier molecular flexibility index (Phi) is 4.89. The Morgan fingerprint density at radius 1 is 1.19 bits per heavy atom. The van der Waals surface area contributed by atoms with Crippen LogP contribution >= 0.6 is 23.2 Å². The van der Waals surface area contributed by atoms with Crippen LogP contribution in [0.5, 0.6) is 11.5 Å². The molecule has 0 radical (unpaired) electrons. The second kappa shape index (κ2) is 6.66. The van der Waals surface area contributed by atoms with Crippen molar-refractivity contribution in [2.75, 3.05) is 7.11 Å². The van der Waals surface area contributed by atoms with Crippen LogP contribution in [0.25, 0.3) is 6.08 Å². The maximum Gasteiger partial charge on any atom is 0.189 e. The molecule has 3 nitrogen and oxygen atoms in total. The van der Waals surface area contributed by atoms with Crippen LogP contribution in [0.4, 0.5) is 0 Å². The molecule has 0 aromatic heterocycles. The fraction of sp³-hybridized carbons (Fsp3) is 0.0625. The predicted octanol–water partition coefficient (Wildman–Crippen LogP) is 4.60. The van der Waals surface area contributed by atoms with Gasteiger partial charge < -0.3 is 9.84 Å². The van der Waals surface area contributed by atoms with Crippen molar-refractivity contribution in [2.24, 2.45) is 0 Å². The molecule has 0 aliphatic heterocycles. The van der Waals surface area contributed by atoms with Gasteiger partial charge in [0, 0.05) is 16.1 Å². The number of hydrogen-bond acceptors (Lipinski definition) is 3. The van der Waals surface area contributed by atoms with Crippen LogP contribution < -0.4 is 4.74 Å². The lowest BCUT2D eigenvalue weighted by molar-refractivity contribution is 0.104. The van der Waals surface area contributed by atoms with Crippen molar-refractivity contribution < 1.29 is 14.6 Å². The molecule has 0 unspecified atom stereocenters. The molecule has 2 aromatic carbocycles. The monoisotopic (exact) mass is 322 g/mol. The molecule has 0 heterocycles. The van der Waals surface area contributed by atoms with Crippen molar-refractivity contribution in [2.45, 2.75) is 0 Å². The van der Waals surface area contributed by atoms with E-state index < -0.39 is 0 Å². The number of aromatic hydroxyl groups is 1. The van der Waals surface area contributed by atoms with E-state index in [9.17, 15) is 9.90 Å². The van der Waals surface area contributed by atoms with E-state index >= 15 is 0 Å². The van der Waals surface area contributed by atoms with Crippen LogP contribution in [0.2, 0.25) is 10.0 Å². The number of ether oxygens (including phenoxy) is 1. The fourth-order valence-electron chi connectivity index (χ4n) is 1.74. The summed E-state index contributed by atoms with van der Waals surface area (Å²) in [6, 6.07) is 9.49. The van der Waals surface area contributed by atoms with Crippen molar-refractivity contribution >= 4 is 35.1 Å². The highest BCUT2D eigenvalue weighted by atomic mass is 35.5. The minimum absolute atomic E-state index is 0.133. The van der Waals surface area contributed by atoms with Crippen molar-refractivity contribution in [1.29, 1.82) is 0 Å². The summed E-state index contributed by atoms with van der Waals surface area (Å²) >= 11 is 11.8. The minimum Gasteiger partial charge on any atom is -0.507 e. The van der Waals surface area contributed by atoms with Gasteiger partial charge in [0.1, 0.15) is 11.5 Å². The number of benzene rings is 2. The van der Waals surface area contributed by atoms with E-state index in [1.807, 2.05) is 0 Å². The summed E-state index contributed by atoms with van der Waals surface area (Å²) in [7, 11) is 1.48. The van der Waals surface area contributed by atoms with Gasteiger partial charge in [-0.05, 0) is 42.0 Å². The van der Waals surface area contributed by atoms with Crippen LogP contribution in [0, 0.1) is 0 Å². The zero-order chi connectivity index (χ0) is 15.4. The summed E-state index contributed by atoms with van der Waals surface area (Å²) in [5.41, 5.74) is 0.861. The Morgan fingerprint density at radius 2 is 1.95 bits per heavy atom. The molecule has 0 atom stereocenters. The molecule has 2 rings (SSSR count). The molecular formula is C16H12Cl2O3.